The van der Waals surface area contributed by atoms with Crippen LogP contribution in [0.5, 0.6) is 23.3 Å². The number of aliphatic carboxylic acids is 1. The first-order chi connectivity index (χ1) is 15.5. The predicted octanol–water partition coefficient (Wildman–Crippen LogP) is 4.56. The normalized spacial score (nSPS) is 18.6. The summed E-state index contributed by atoms with van der Waals surface area (Å²) in [5.74, 6) is -0.587. The minimum atomic E-state index is -0.881. The third-order valence-corrected chi connectivity index (χ3v) is 5.60. The number of halogens is 2. The van der Waals surface area contributed by atoms with Crippen molar-refractivity contribution in [2.45, 2.75) is 31.3 Å². The highest BCUT2D eigenvalue weighted by Crippen LogP contribution is 2.44. The molecule has 3 aromatic rings. The number of ether oxygens (including phenoxy) is 3. The van der Waals surface area contributed by atoms with Crippen molar-refractivity contribution < 1.29 is 32.9 Å². The van der Waals surface area contributed by atoms with E-state index >= 15 is 0 Å². The van der Waals surface area contributed by atoms with Crippen LogP contribution in [0.1, 0.15) is 41.6 Å². The zero-order chi connectivity index (χ0) is 22.2. The van der Waals surface area contributed by atoms with E-state index in [0.717, 1.165) is 18.0 Å². The van der Waals surface area contributed by atoms with Gasteiger partial charge in [0.15, 0.2) is 5.82 Å². The van der Waals surface area contributed by atoms with E-state index in [2.05, 4.69) is 9.97 Å². The van der Waals surface area contributed by atoms with Gasteiger partial charge < -0.3 is 19.3 Å². The minimum Gasteiger partial charge on any atom is -0.492 e. The molecule has 2 aliphatic rings. The van der Waals surface area contributed by atoms with Crippen molar-refractivity contribution >= 4 is 5.97 Å². The van der Waals surface area contributed by atoms with Crippen molar-refractivity contribution in [3.8, 4) is 23.3 Å². The van der Waals surface area contributed by atoms with E-state index in [1.54, 1.807) is 18.2 Å². The van der Waals surface area contributed by atoms with E-state index in [1.165, 1.54) is 12.1 Å². The van der Waals surface area contributed by atoms with Gasteiger partial charge in [-0.3, -0.25) is 4.79 Å². The van der Waals surface area contributed by atoms with Crippen molar-refractivity contribution in [3.63, 3.8) is 0 Å². The Balaban J connectivity index is 1.37. The highest BCUT2D eigenvalue weighted by Gasteiger charge is 2.32. The van der Waals surface area contributed by atoms with Crippen LogP contribution >= 0.6 is 0 Å². The van der Waals surface area contributed by atoms with E-state index in [4.69, 9.17) is 19.3 Å². The molecule has 1 aromatic heterocycles. The average molecular weight is 440 g/mol. The molecule has 0 radical (unpaired) electrons. The number of aromatic nitrogens is 2. The summed E-state index contributed by atoms with van der Waals surface area (Å²) in [6, 6.07) is 8.00. The maximum Gasteiger partial charge on any atom is 0.322 e. The summed E-state index contributed by atoms with van der Waals surface area (Å²) in [4.78, 5) is 18.6. The summed E-state index contributed by atoms with van der Waals surface area (Å²) in [7, 11) is 0. The first kappa shape index (κ1) is 20.2. The van der Waals surface area contributed by atoms with Crippen LogP contribution in [0.2, 0.25) is 0 Å². The average Bonchev–Trinajstić information content (AvgIpc) is 3.36. The topological polar surface area (TPSA) is 90.8 Å². The van der Waals surface area contributed by atoms with E-state index in [9.17, 15) is 13.6 Å². The number of nitrogens with zero attached hydrogens (tertiary/aromatic N) is 2. The molecule has 0 bridgehead atoms. The lowest BCUT2D eigenvalue weighted by Crippen LogP contribution is -2.07. The smallest absolute Gasteiger partial charge is 0.322 e. The van der Waals surface area contributed by atoms with Gasteiger partial charge in [0, 0.05) is 28.7 Å². The molecular formula is C23H18F2N2O5. The number of fused-ring (bicyclic) bond motifs is 2. The molecule has 0 fully saturated rings. The molecule has 1 unspecified atom stereocenters. The molecule has 7 nitrogen and oxygen atoms in total. The Labute approximate surface area is 181 Å². The second-order valence-electron chi connectivity index (χ2n) is 7.67. The monoisotopic (exact) mass is 440 g/mol. The van der Waals surface area contributed by atoms with Crippen LogP contribution in [0.4, 0.5) is 8.78 Å². The van der Waals surface area contributed by atoms with E-state index in [-0.39, 0.29) is 18.3 Å². The second kappa shape index (κ2) is 8.07. The Bertz CT molecular complexity index is 1190. The molecule has 164 valence electrons. The van der Waals surface area contributed by atoms with Crippen LogP contribution in [0.3, 0.4) is 0 Å². The summed E-state index contributed by atoms with van der Waals surface area (Å²) < 4.78 is 45.1. The molecule has 9 heteroatoms. The lowest BCUT2D eigenvalue weighted by Gasteiger charge is -2.17. The Morgan fingerprint density at radius 3 is 2.78 bits per heavy atom. The molecule has 1 N–H and O–H groups in total. The van der Waals surface area contributed by atoms with Crippen LogP contribution in [0.25, 0.3) is 0 Å². The van der Waals surface area contributed by atoms with Crippen LogP contribution in [0, 0.1) is 11.6 Å². The Morgan fingerprint density at radius 1 is 1.19 bits per heavy atom. The molecule has 2 atom stereocenters. The minimum absolute atomic E-state index is 0.00500. The second-order valence-corrected chi connectivity index (χ2v) is 7.67. The standard InChI is InChI=1S/C23H18F2N2O5/c24-13-9-26-23(27-10-13)32-18-6-4-17(25)22-16(18)3-5-19(22)31-14-1-2-15-12(7-21(28)29)11-30-20(15)8-14/h1-2,4,6,8-10,12,19H,3,5,7,11H2,(H,28,29)/t12?,19-/m1/s1. The number of carboxylic acid groups (broad SMARTS) is 1. The summed E-state index contributed by atoms with van der Waals surface area (Å²) in [6.45, 7) is 0.304. The zero-order valence-electron chi connectivity index (χ0n) is 16.8. The van der Waals surface area contributed by atoms with Crippen molar-refractivity contribution in [2.24, 2.45) is 0 Å². The van der Waals surface area contributed by atoms with Crippen molar-refractivity contribution in [3.05, 3.63) is 71.1 Å². The molecule has 1 aliphatic carbocycles. The number of rotatable bonds is 6. The molecule has 2 aromatic carbocycles. The Hall–Kier alpha value is -3.75. The van der Waals surface area contributed by atoms with Gasteiger partial charge in [-0.1, -0.05) is 6.07 Å². The van der Waals surface area contributed by atoms with Gasteiger partial charge in [0.05, 0.1) is 25.4 Å². The molecule has 0 saturated carbocycles. The molecule has 0 amide bonds. The molecular weight excluding hydrogens is 422 g/mol. The van der Waals surface area contributed by atoms with Gasteiger partial charge in [-0.2, -0.15) is 0 Å². The molecule has 32 heavy (non-hydrogen) atoms. The zero-order valence-corrected chi connectivity index (χ0v) is 16.8. The molecule has 0 saturated heterocycles. The number of hydrogen-bond donors (Lipinski definition) is 1. The van der Waals surface area contributed by atoms with Crippen LogP contribution in [0.15, 0.2) is 42.7 Å². The number of hydrogen-bond acceptors (Lipinski definition) is 6. The fraction of sp³-hybridized carbons (Fsp3) is 0.261. The fourth-order valence-corrected chi connectivity index (χ4v) is 4.18. The quantitative estimate of drug-likeness (QED) is 0.601. The summed E-state index contributed by atoms with van der Waals surface area (Å²) in [5.41, 5.74) is 1.88. The van der Waals surface area contributed by atoms with E-state index in [1.807, 2.05) is 0 Å². The highest BCUT2D eigenvalue weighted by atomic mass is 19.1. The van der Waals surface area contributed by atoms with Gasteiger partial charge in [0.1, 0.15) is 29.2 Å². The lowest BCUT2D eigenvalue weighted by molar-refractivity contribution is -0.137. The third-order valence-electron chi connectivity index (χ3n) is 5.60. The van der Waals surface area contributed by atoms with Crippen molar-refractivity contribution in [1.29, 1.82) is 0 Å². The van der Waals surface area contributed by atoms with Gasteiger partial charge in [-0.25, -0.2) is 18.7 Å². The van der Waals surface area contributed by atoms with Gasteiger partial charge >= 0.3 is 12.0 Å². The third kappa shape index (κ3) is 3.81. The van der Waals surface area contributed by atoms with Crippen LogP contribution < -0.4 is 14.2 Å². The summed E-state index contributed by atoms with van der Waals surface area (Å²) in [6.07, 6.45) is 2.52. The maximum atomic E-state index is 14.7. The molecule has 2 heterocycles. The molecule has 5 rings (SSSR count). The van der Waals surface area contributed by atoms with Gasteiger partial charge in [0.2, 0.25) is 0 Å². The predicted molar refractivity (Wildman–Crippen MR) is 107 cm³/mol. The van der Waals surface area contributed by atoms with Gasteiger partial charge in [0.25, 0.3) is 0 Å². The summed E-state index contributed by atoms with van der Waals surface area (Å²) in [5, 5.41) is 9.04. The fourth-order valence-electron chi connectivity index (χ4n) is 4.18. The van der Waals surface area contributed by atoms with Gasteiger partial charge in [-0.05, 0) is 31.0 Å². The highest BCUT2D eigenvalue weighted by molar-refractivity contribution is 5.68. The van der Waals surface area contributed by atoms with Crippen molar-refractivity contribution in [1.82, 2.24) is 9.97 Å². The SMILES string of the molecule is O=C(O)CC1COc2cc(O[C@@H]3CCc4c(Oc5ncc(F)cn5)ccc(F)c43)ccc21. The Morgan fingerprint density at radius 2 is 2.00 bits per heavy atom. The largest absolute Gasteiger partial charge is 0.492 e. The first-order valence-corrected chi connectivity index (χ1v) is 10.1. The number of carbonyl (C=O) groups is 1. The Kier molecular flexibility index (Phi) is 5.08. The van der Waals surface area contributed by atoms with Crippen LogP contribution in [-0.2, 0) is 11.2 Å². The molecule has 0 spiro atoms. The molecule has 1 aliphatic heterocycles. The number of carboxylic acids is 1. The maximum absolute atomic E-state index is 14.7. The van der Waals surface area contributed by atoms with Gasteiger partial charge in [-0.15, -0.1) is 0 Å². The lowest BCUT2D eigenvalue weighted by atomic mass is 9.98. The van der Waals surface area contributed by atoms with Crippen LogP contribution in [-0.4, -0.2) is 27.7 Å². The van der Waals surface area contributed by atoms with E-state index < -0.39 is 23.7 Å². The summed E-state index contributed by atoms with van der Waals surface area (Å²) >= 11 is 0. The van der Waals surface area contributed by atoms with E-state index in [0.29, 0.717) is 47.8 Å². The first-order valence-electron chi connectivity index (χ1n) is 10.1. The number of benzene rings is 2. The van der Waals surface area contributed by atoms with Crippen molar-refractivity contribution in [2.75, 3.05) is 6.61 Å².